The van der Waals surface area contributed by atoms with Gasteiger partial charge >= 0.3 is 0 Å². The molecule has 15 heavy (non-hydrogen) atoms. The number of piperidine rings is 1. The van der Waals surface area contributed by atoms with Crippen molar-refractivity contribution < 1.29 is 9.53 Å². The maximum Gasteiger partial charge on any atom is 0.241 e. The summed E-state index contributed by atoms with van der Waals surface area (Å²) in [6.07, 6.45) is 2.30. The van der Waals surface area contributed by atoms with Crippen LogP contribution in [0.3, 0.4) is 0 Å². The van der Waals surface area contributed by atoms with Crippen molar-refractivity contribution in [1.82, 2.24) is 4.90 Å². The molecule has 1 fully saturated rings. The SMILES string of the molecule is COCC(N)C(=O)N1CCCC(C)C1.Cl. The van der Waals surface area contributed by atoms with E-state index in [1.807, 2.05) is 4.90 Å². The van der Waals surface area contributed by atoms with Gasteiger partial charge < -0.3 is 15.4 Å². The first-order chi connectivity index (χ1) is 6.65. The summed E-state index contributed by atoms with van der Waals surface area (Å²) in [5, 5.41) is 0. The summed E-state index contributed by atoms with van der Waals surface area (Å²) >= 11 is 0. The van der Waals surface area contributed by atoms with Crippen molar-refractivity contribution >= 4 is 18.3 Å². The highest BCUT2D eigenvalue weighted by atomic mass is 35.5. The van der Waals surface area contributed by atoms with Gasteiger partial charge in [-0.05, 0) is 18.8 Å². The minimum Gasteiger partial charge on any atom is -0.383 e. The lowest BCUT2D eigenvalue weighted by Gasteiger charge is -2.32. The molecule has 2 unspecified atom stereocenters. The van der Waals surface area contributed by atoms with E-state index in [0.717, 1.165) is 19.5 Å². The maximum absolute atomic E-state index is 11.8. The summed E-state index contributed by atoms with van der Waals surface area (Å²) in [6.45, 7) is 4.17. The largest absolute Gasteiger partial charge is 0.383 e. The van der Waals surface area contributed by atoms with Crippen LogP contribution >= 0.6 is 12.4 Å². The number of hydrogen-bond acceptors (Lipinski definition) is 3. The number of carbonyl (C=O) groups excluding carboxylic acids is 1. The summed E-state index contributed by atoms with van der Waals surface area (Å²) in [7, 11) is 1.56. The van der Waals surface area contributed by atoms with Crippen LogP contribution in [-0.4, -0.2) is 43.7 Å². The van der Waals surface area contributed by atoms with Crippen LogP contribution in [0.2, 0.25) is 0 Å². The van der Waals surface area contributed by atoms with E-state index in [2.05, 4.69) is 6.92 Å². The molecule has 4 nitrogen and oxygen atoms in total. The summed E-state index contributed by atoms with van der Waals surface area (Å²) in [4.78, 5) is 13.6. The predicted octanol–water partition coefficient (Wildman–Crippen LogP) is 0.640. The highest BCUT2D eigenvalue weighted by Crippen LogP contribution is 2.15. The second-order valence-corrected chi connectivity index (χ2v) is 4.09. The number of nitrogens with zero attached hydrogens (tertiary/aromatic N) is 1. The van der Waals surface area contributed by atoms with Gasteiger partial charge in [0.05, 0.1) is 6.61 Å². The van der Waals surface area contributed by atoms with E-state index in [1.54, 1.807) is 7.11 Å². The first-order valence-corrected chi connectivity index (χ1v) is 5.18. The van der Waals surface area contributed by atoms with Crippen LogP contribution in [0.25, 0.3) is 0 Å². The van der Waals surface area contributed by atoms with E-state index in [4.69, 9.17) is 10.5 Å². The molecule has 0 saturated carbocycles. The molecule has 0 bridgehead atoms. The number of methoxy groups -OCH3 is 1. The summed E-state index contributed by atoms with van der Waals surface area (Å²) in [5.41, 5.74) is 5.69. The molecule has 0 aromatic rings. The molecule has 1 amide bonds. The van der Waals surface area contributed by atoms with E-state index in [0.29, 0.717) is 12.5 Å². The fourth-order valence-corrected chi connectivity index (χ4v) is 1.87. The molecule has 2 atom stereocenters. The van der Waals surface area contributed by atoms with Crippen molar-refractivity contribution in [3.05, 3.63) is 0 Å². The van der Waals surface area contributed by atoms with E-state index in [1.165, 1.54) is 6.42 Å². The summed E-state index contributed by atoms with van der Waals surface area (Å²) in [6, 6.07) is -0.495. The lowest BCUT2D eigenvalue weighted by molar-refractivity contribution is -0.135. The second kappa shape index (κ2) is 7.04. The van der Waals surface area contributed by atoms with Gasteiger partial charge in [-0.15, -0.1) is 12.4 Å². The van der Waals surface area contributed by atoms with Gasteiger partial charge in [0.25, 0.3) is 0 Å². The third-order valence-electron chi connectivity index (χ3n) is 2.63. The number of carbonyl (C=O) groups is 1. The van der Waals surface area contributed by atoms with Crippen molar-refractivity contribution in [2.45, 2.75) is 25.8 Å². The molecule has 0 aromatic carbocycles. The Morgan fingerprint density at radius 3 is 2.87 bits per heavy atom. The standard InChI is InChI=1S/C10H20N2O2.ClH/c1-8-4-3-5-12(6-8)10(13)9(11)7-14-2;/h8-9H,3-7,11H2,1-2H3;1H. The van der Waals surface area contributed by atoms with Gasteiger partial charge in [-0.2, -0.15) is 0 Å². The first kappa shape index (κ1) is 14.7. The van der Waals surface area contributed by atoms with Gasteiger partial charge in [-0.1, -0.05) is 6.92 Å². The zero-order chi connectivity index (χ0) is 10.6. The number of halogens is 1. The van der Waals surface area contributed by atoms with Crippen LogP contribution in [0.5, 0.6) is 0 Å². The van der Waals surface area contributed by atoms with Gasteiger partial charge in [0.2, 0.25) is 5.91 Å². The number of rotatable bonds is 3. The molecule has 2 N–H and O–H groups in total. The average molecular weight is 237 g/mol. The van der Waals surface area contributed by atoms with Gasteiger partial charge in [0.15, 0.2) is 0 Å². The van der Waals surface area contributed by atoms with Crippen molar-refractivity contribution in [2.75, 3.05) is 26.8 Å². The van der Waals surface area contributed by atoms with Crippen LogP contribution < -0.4 is 5.73 Å². The van der Waals surface area contributed by atoms with Crippen LogP contribution in [-0.2, 0) is 9.53 Å². The quantitative estimate of drug-likeness (QED) is 0.783. The zero-order valence-electron chi connectivity index (χ0n) is 9.44. The molecule has 1 heterocycles. The Kier molecular flexibility index (Phi) is 6.89. The maximum atomic E-state index is 11.8. The molecule has 5 heteroatoms. The molecule has 0 aromatic heterocycles. The topological polar surface area (TPSA) is 55.6 Å². The van der Waals surface area contributed by atoms with E-state index in [9.17, 15) is 4.79 Å². The minimum atomic E-state index is -0.495. The summed E-state index contributed by atoms with van der Waals surface area (Å²) < 4.78 is 4.87. The van der Waals surface area contributed by atoms with E-state index < -0.39 is 6.04 Å². The fourth-order valence-electron chi connectivity index (χ4n) is 1.87. The van der Waals surface area contributed by atoms with E-state index >= 15 is 0 Å². The van der Waals surface area contributed by atoms with E-state index in [-0.39, 0.29) is 18.3 Å². The van der Waals surface area contributed by atoms with Crippen molar-refractivity contribution in [2.24, 2.45) is 11.7 Å². The molecule has 0 spiro atoms. The second-order valence-electron chi connectivity index (χ2n) is 4.09. The zero-order valence-corrected chi connectivity index (χ0v) is 10.3. The van der Waals surface area contributed by atoms with Crippen LogP contribution in [0.15, 0.2) is 0 Å². The van der Waals surface area contributed by atoms with Gasteiger partial charge in [0.1, 0.15) is 6.04 Å². The molecule has 0 radical (unpaired) electrons. The molecule has 1 aliphatic heterocycles. The minimum absolute atomic E-state index is 0. The number of ether oxygens (including phenoxy) is 1. The molecule has 1 saturated heterocycles. The Morgan fingerprint density at radius 2 is 2.33 bits per heavy atom. The lowest BCUT2D eigenvalue weighted by atomic mass is 10.00. The lowest BCUT2D eigenvalue weighted by Crippen LogP contribution is -2.49. The number of nitrogens with two attached hydrogens (primary N) is 1. The van der Waals surface area contributed by atoms with Crippen LogP contribution in [0.1, 0.15) is 19.8 Å². The average Bonchev–Trinajstić information content (AvgIpc) is 2.17. The third-order valence-corrected chi connectivity index (χ3v) is 2.63. The number of hydrogen-bond donors (Lipinski definition) is 1. The number of amides is 1. The molecule has 1 rings (SSSR count). The molecule has 90 valence electrons. The van der Waals surface area contributed by atoms with Crippen molar-refractivity contribution in [3.8, 4) is 0 Å². The Morgan fingerprint density at radius 1 is 1.67 bits per heavy atom. The Bertz CT molecular complexity index is 202. The monoisotopic (exact) mass is 236 g/mol. The highest BCUT2D eigenvalue weighted by molar-refractivity contribution is 5.85. The Labute approximate surface area is 97.5 Å². The molecule has 0 aliphatic carbocycles. The first-order valence-electron chi connectivity index (χ1n) is 5.18. The van der Waals surface area contributed by atoms with Crippen molar-refractivity contribution in [3.63, 3.8) is 0 Å². The smallest absolute Gasteiger partial charge is 0.241 e. The van der Waals surface area contributed by atoms with Gasteiger partial charge in [-0.3, -0.25) is 4.79 Å². The Balaban J connectivity index is 0.00000196. The predicted molar refractivity (Wildman–Crippen MR) is 62.1 cm³/mol. The third kappa shape index (κ3) is 4.36. The van der Waals surface area contributed by atoms with Crippen LogP contribution in [0, 0.1) is 5.92 Å². The molecular weight excluding hydrogens is 216 g/mol. The fraction of sp³-hybridized carbons (Fsp3) is 0.900. The highest BCUT2D eigenvalue weighted by Gasteiger charge is 2.24. The molecule has 1 aliphatic rings. The van der Waals surface area contributed by atoms with Gasteiger partial charge in [-0.25, -0.2) is 0 Å². The Hall–Kier alpha value is -0.320. The summed E-state index contributed by atoms with van der Waals surface area (Å²) in [5.74, 6) is 0.626. The van der Waals surface area contributed by atoms with Crippen molar-refractivity contribution in [1.29, 1.82) is 0 Å². The molecular formula is C10H21ClN2O2. The van der Waals surface area contributed by atoms with Gasteiger partial charge in [0, 0.05) is 20.2 Å². The normalized spacial score (nSPS) is 23.1. The number of likely N-dealkylation sites (tertiary alicyclic amines) is 1. The van der Waals surface area contributed by atoms with Crippen LogP contribution in [0.4, 0.5) is 0 Å².